The van der Waals surface area contributed by atoms with Gasteiger partial charge in [-0.15, -0.1) is 0 Å². The number of pyridine rings is 1. The molecule has 3 nitrogen and oxygen atoms in total. The summed E-state index contributed by atoms with van der Waals surface area (Å²) in [6.07, 6.45) is 0. The number of benzene rings is 1. The lowest BCUT2D eigenvalue weighted by Crippen LogP contribution is -2.09. The van der Waals surface area contributed by atoms with E-state index < -0.39 is 0 Å². The topological polar surface area (TPSA) is 34.2 Å². The van der Waals surface area contributed by atoms with Gasteiger partial charge in [0.2, 0.25) is 5.88 Å². The summed E-state index contributed by atoms with van der Waals surface area (Å²) < 4.78 is 5.87. The molecule has 2 rings (SSSR count). The van der Waals surface area contributed by atoms with E-state index in [0.29, 0.717) is 5.88 Å². The fraction of sp³-hybridized carbons (Fsp3) is 0.267. The molecule has 0 amide bonds. The summed E-state index contributed by atoms with van der Waals surface area (Å²) in [5, 5.41) is 3.15. The number of nitrogens with zero attached hydrogens (tertiary/aromatic N) is 1. The van der Waals surface area contributed by atoms with Crippen LogP contribution in [0.2, 0.25) is 0 Å². The molecule has 0 saturated heterocycles. The first-order chi connectivity index (χ1) is 8.70. The van der Waals surface area contributed by atoms with Gasteiger partial charge in [0.25, 0.3) is 0 Å². The van der Waals surface area contributed by atoms with Crippen LogP contribution in [0.15, 0.2) is 36.4 Å². The highest BCUT2D eigenvalue weighted by Crippen LogP contribution is 2.26. The maximum absolute atomic E-state index is 5.87. The molecule has 1 N–H and O–H groups in total. The summed E-state index contributed by atoms with van der Waals surface area (Å²) in [6, 6.07) is 11.8. The van der Waals surface area contributed by atoms with Crippen molar-refractivity contribution >= 4 is 0 Å². The van der Waals surface area contributed by atoms with E-state index in [1.165, 1.54) is 5.56 Å². The zero-order valence-electron chi connectivity index (χ0n) is 11.0. The smallest absolute Gasteiger partial charge is 0.224 e. The summed E-state index contributed by atoms with van der Waals surface area (Å²) in [4.78, 5) is 4.49. The van der Waals surface area contributed by atoms with Crippen LogP contribution >= 0.6 is 0 Å². The first-order valence-electron chi connectivity index (χ1n) is 6.05. The third-order valence-corrected chi connectivity index (χ3v) is 2.75. The average molecular weight is 242 g/mol. The molecule has 0 unspecified atom stereocenters. The Kier molecular flexibility index (Phi) is 3.95. The molecular weight excluding hydrogens is 224 g/mol. The van der Waals surface area contributed by atoms with Crippen molar-refractivity contribution in [3.63, 3.8) is 0 Å². The molecule has 0 aliphatic rings. The van der Waals surface area contributed by atoms with E-state index in [9.17, 15) is 0 Å². The number of ether oxygens (including phenoxy) is 1. The molecule has 0 aliphatic carbocycles. The fourth-order valence-electron chi connectivity index (χ4n) is 1.91. The third-order valence-electron chi connectivity index (χ3n) is 2.75. The summed E-state index contributed by atoms with van der Waals surface area (Å²) in [5.41, 5.74) is 3.27. The van der Waals surface area contributed by atoms with Gasteiger partial charge >= 0.3 is 0 Å². The Morgan fingerprint density at radius 3 is 2.56 bits per heavy atom. The molecule has 0 spiro atoms. The van der Waals surface area contributed by atoms with Crippen molar-refractivity contribution in [1.29, 1.82) is 0 Å². The Bertz CT molecular complexity index is 524. The van der Waals surface area contributed by atoms with Gasteiger partial charge < -0.3 is 10.1 Å². The molecule has 2 aromatic rings. The summed E-state index contributed by atoms with van der Waals surface area (Å²) in [5.74, 6) is 1.50. The van der Waals surface area contributed by atoms with Crippen LogP contribution in [-0.2, 0) is 6.54 Å². The van der Waals surface area contributed by atoms with Gasteiger partial charge in [-0.2, -0.15) is 0 Å². The SMILES string of the molecule is CNCc1c(C)cc(C)nc1Oc1ccccc1. The van der Waals surface area contributed by atoms with Crippen molar-refractivity contribution in [2.45, 2.75) is 20.4 Å². The van der Waals surface area contributed by atoms with Crippen molar-refractivity contribution in [1.82, 2.24) is 10.3 Å². The molecule has 1 aromatic carbocycles. The van der Waals surface area contributed by atoms with Crippen LogP contribution in [0, 0.1) is 13.8 Å². The second kappa shape index (κ2) is 5.65. The van der Waals surface area contributed by atoms with Crippen LogP contribution in [0.5, 0.6) is 11.6 Å². The van der Waals surface area contributed by atoms with Crippen LogP contribution in [-0.4, -0.2) is 12.0 Å². The number of para-hydroxylation sites is 1. The van der Waals surface area contributed by atoms with E-state index in [1.807, 2.05) is 44.3 Å². The lowest BCUT2D eigenvalue weighted by atomic mass is 10.1. The van der Waals surface area contributed by atoms with Crippen molar-refractivity contribution in [2.75, 3.05) is 7.05 Å². The second-order valence-corrected chi connectivity index (χ2v) is 4.31. The van der Waals surface area contributed by atoms with Gasteiger partial charge in [-0.25, -0.2) is 4.98 Å². The minimum Gasteiger partial charge on any atom is -0.439 e. The highest BCUT2D eigenvalue weighted by molar-refractivity contribution is 5.38. The van der Waals surface area contributed by atoms with Crippen molar-refractivity contribution in [3.8, 4) is 11.6 Å². The Morgan fingerprint density at radius 2 is 1.89 bits per heavy atom. The first kappa shape index (κ1) is 12.6. The minimum absolute atomic E-state index is 0.688. The molecule has 94 valence electrons. The molecule has 3 heteroatoms. The monoisotopic (exact) mass is 242 g/mol. The van der Waals surface area contributed by atoms with Gasteiger partial charge in [0.1, 0.15) is 5.75 Å². The molecule has 0 saturated carbocycles. The molecule has 18 heavy (non-hydrogen) atoms. The molecule has 0 fully saturated rings. The molecule has 1 aromatic heterocycles. The molecular formula is C15H18N2O. The zero-order chi connectivity index (χ0) is 13.0. The molecule has 0 bridgehead atoms. The predicted molar refractivity (Wildman–Crippen MR) is 73.0 cm³/mol. The van der Waals surface area contributed by atoms with Crippen molar-refractivity contribution in [3.05, 3.63) is 53.2 Å². The molecule has 0 atom stereocenters. The van der Waals surface area contributed by atoms with E-state index >= 15 is 0 Å². The Labute approximate surface area is 108 Å². The number of nitrogens with one attached hydrogen (secondary N) is 1. The van der Waals surface area contributed by atoms with E-state index in [1.54, 1.807) is 0 Å². The largest absolute Gasteiger partial charge is 0.439 e. The van der Waals surface area contributed by atoms with Crippen LogP contribution in [0.25, 0.3) is 0 Å². The highest BCUT2D eigenvalue weighted by atomic mass is 16.5. The van der Waals surface area contributed by atoms with Crippen molar-refractivity contribution < 1.29 is 4.74 Å². The number of hydrogen-bond acceptors (Lipinski definition) is 3. The van der Waals surface area contributed by atoms with Gasteiger partial charge in [-0.3, -0.25) is 0 Å². The van der Waals surface area contributed by atoms with E-state index in [2.05, 4.69) is 23.3 Å². The second-order valence-electron chi connectivity index (χ2n) is 4.31. The van der Waals surface area contributed by atoms with E-state index in [-0.39, 0.29) is 0 Å². The van der Waals surface area contributed by atoms with E-state index in [4.69, 9.17) is 4.74 Å². The molecule has 0 aliphatic heterocycles. The number of aromatic nitrogens is 1. The van der Waals surface area contributed by atoms with E-state index in [0.717, 1.165) is 23.6 Å². The maximum atomic E-state index is 5.87. The number of rotatable bonds is 4. The van der Waals surface area contributed by atoms with Crippen molar-refractivity contribution in [2.24, 2.45) is 0 Å². The first-order valence-corrected chi connectivity index (χ1v) is 6.05. The highest BCUT2D eigenvalue weighted by Gasteiger charge is 2.10. The quantitative estimate of drug-likeness (QED) is 0.894. The van der Waals surface area contributed by atoms with Gasteiger partial charge in [0, 0.05) is 17.8 Å². The maximum Gasteiger partial charge on any atom is 0.224 e. The number of aryl methyl sites for hydroxylation is 2. The summed E-state index contributed by atoms with van der Waals surface area (Å²) in [7, 11) is 1.92. The Morgan fingerprint density at radius 1 is 1.17 bits per heavy atom. The minimum atomic E-state index is 0.688. The standard InChI is InChI=1S/C15H18N2O/c1-11-9-12(2)17-15(14(11)10-16-3)18-13-7-5-4-6-8-13/h4-9,16H,10H2,1-3H3. The van der Waals surface area contributed by atoms with Gasteiger partial charge in [-0.05, 0) is 44.7 Å². The van der Waals surface area contributed by atoms with Crippen LogP contribution in [0.1, 0.15) is 16.8 Å². The Hall–Kier alpha value is -1.87. The zero-order valence-corrected chi connectivity index (χ0v) is 11.0. The summed E-state index contributed by atoms with van der Waals surface area (Å²) >= 11 is 0. The molecule has 0 radical (unpaired) electrons. The lowest BCUT2D eigenvalue weighted by Gasteiger charge is -2.13. The van der Waals surface area contributed by atoms with Crippen LogP contribution in [0.3, 0.4) is 0 Å². The Balaban J connectivity index is 2.36. The normalized spacial score (nSPS) is 10.4. The van der Waals surface area contributed by atoms with Gasteiger partial charge in [0.05, 0.1) is 0 Å². The van der Waals surface area contributed by atoms with Gasteiger partial charge in [-0.1, -0.05) is 18.2 Å². The average Bonchev–Trinajstić information content (AvgIpc) is 2.35. The number of hydrogen-bond donors (Lipinski definition) is 1. The molecule has 1 heterocycles. The van der Waals surface area contributed by atoms with Gasteiger partial charge in [0.15, 0.2) is 0 Å². The third kappa shape index (κ3) is 2.87. The van der Waals surface area contributed by atoms with Crippen LogP contribution < -0.4 is 10.1 Å². The lowest BCUT2D eigenvalue weighted by molar-refractivity contribution is 0.452. The predicted octanol–water partition coefficient (Wildman–Crippen LogP) is 3.21. The van der Waals surface area contributed by atoms with Crippen LogP contribution in [0.4, 0.5) is 0 Å². The fourth-order valence-corrected chi connectivity index (χ4v) is 1.91. The summed E-state index contributed by atoms with van der Waals surface area (Å²) in [6.45, 7) is 4.81.